The lowest BCUT2D eigenvalue weighted by atomic mass is 9.47. The maximum absolute atomic E-state index is 13.2. The van der Waals surface area contributed by atoms with Gasteiger partial charge in [-0.3, -0.25) is 9.59 Å². The third-order valence-corrected chi connectivity index (χ3v) is 9.74. The normalized spacial score (nSPS) is 41.2. The molecule has 4 rings (SSSR count). The minimum absolute atomic E-state index is 0.0426. The molecule has 0 aromatic rings. The molecule has 6 heteroatoms. The molecule has 172 valence electrons. The Hall–Kier alpha value is -1.43. The van der Waals surface area contributed by atoms with Gasteiger partial charge in [-0.2, -0.15) is 0 Å². The van der Waals surface area contributed by atoms with Crippen molar-refractivity contribution in [3.8, 4) is 0 Å². The SMILES string of the molecule is CCCCNC(=S)NC(=O)C1CC[C@H]2[C@@H]3CCC4N(C)C(=O)C=C[C@]4(C)[C@@H]3CC[C@]12C. The van der Waals surface area contributed by atoms with Crippen LogP contribution in [0.5, 0.6) is 0 Å². The van der Waals surface area contributed by atoms with E-state index in [1.807, 2.05) is 11.9 Å². The predicted molar refractivity (Wildman–Crippen MR) is 127 cm³/mol. The minimum atomic E-state index is 0.0426. The number of unbranched alkanes of at least 4 members (excludes halogenated alkanes) is 1. The summed E-state index contributed by atoms with van der Waals surface area (Å²) < 4.78 is 0. The van der Waals surface area contributed by atoms with Gasteiger partial charge in [0.1, 0.15) is 0 Å². The van der Waals surface area contributed by atoms with Gasteiger partial charge in [0.2, 0.25) is 11.8 Å². The van der Waals surface area contributed by atoms with Gasteiger partial charge in [0.05, 0.1) is 0 Å². The van der Waals surface area contributed by atoms with Crippen LogP contribution < -0.4 is 10.6 Å². The molecule has 7 atom stereocenters. The van der Waals surface area contributed by atoms with Crippen LogP contribution in [0, 0.1) is 34.5 Å². The van der Waals surface area contributed by atoms with Gasteiger partial charge in [-0.25, -0.2) is 0 Å². The largest absolute Gasteiger partial charge is 0.362 e. The molecule has 0 aromatic carbocycles. The third-order valence-electron chi connectivity index (χ3n) is 9.50. The van der Waals surface area contributed by atoms with Crippen molar-refractivity contribution in [2.24, 2.45) is 34.5 Å². The zero-order valence-corrected chi connectivity index (χ0v) is 20.4. The highest BCUT2D eigenvalue weighted by Gasteiger charge is 2.61. The van der Waals surface area contributed by atoms with E-state index in [0.717, 1.165) is 51.5 Å². The van der Waals surface area contributed by atoms with Gasteiger partial charge in [0, 0.05) is 31.0 Å². The summed E-state index contributed by atoms with van der Waals surface area (Å²) in [5.41, 5.74) is 0.103. The second-order valence-electron chi connectivity index (χ2n) is 10.9. The second kappa shape index (κ2) is 8.49. The fraction of sp³-hybridized carbons (Fsp3) is 0.800. The number of nitrogens with one attached hydrogen (secondary N) is 2. The zero-order valence-electron chi connectivity index (χ0n) is 19.6. The molecule has 0 aromatic heterocycles. The maximum atomic E-state index is 13.2. The Morgan fingerprint density at radius 2 is 1.97 bits per heavy atom. The molecule has 3 fully saturated rings. The monoisotopic (exact) mass is 445 g/mol. The number of thiocarbonyl (C=S) groups is 1. The van der Waals surface area contributed by atoms with Crippen molar-refractivity contribution in [1.29, 1.82) is 0 Å². The second-order valence-corrected chi connectivity index (χ2v) is 11.3. The Morgan fingerprint density at radius 3 is 2.71 bits per heavy atom. The van der Waals surface area contributed by atoms with Crippen LogP contribution in [0.1, 0.15) is 72.1 Å². The average Bonchev–Trinajstić information content (AvgIpc) is 3.08. The van der Waals surface area contributed by atoms with Gasteiger partial charge in [-0.1, -0.05) is 33.3 Å². The molecule has 0 radical (unpaired) electrons. The van der Waals surface area contributed by atoms with Gasteiger partial charge in [0.15, 0.2) is 5.11 Å². The number of amides is 2. The van der Waals surface area contributed by atoms with E-state index < -0.39 is 0 Å². The summed E-state index contributed by atoms with van der Waals surface area (Å²) >= 11 is 5.37. The molecule has 3 saturated carbocycles. The summed E-state index contributed by atoms with van der Waals surface area (Å²) in [6.07, 6.45) is 12.7. The van der Waals surface area contributed by atoms with Crippen molar-refractivity contribution in [1.82, 2.24) is 15.5 Å². The molecule has 0 bridgehead atoms. The number of nitrogens with zero attached hydrogens (tertiary/aromatic N) is 1. The van der Waals surface area contributed by atoms with Gasteiger partial charge in [-0.15, -0.1) is 0 Å². The average molecular weight is 446 g/mol. The fourth-order valence-corrected chi connectivity index (χ4v) is 7.99. The number of hydrogen-bond acceptors (Lipinski definition) is 3. The number of likely N-dealkylation sites (N-methyl/N-ethyl adjacent to an activating group) is 1. The molecule has 1 heterocycles. The predicted octanol–water partition coefficient (Wildman–Crippen LogP) is 4.03. The Balaban J connectivity index is 1.48. The summed E-state index contributed by atoms with van der Waals surface area (Å²) in [7, 11) is 1.97. The van der Waals surface area contributed by atoms with Gasteiger partial charge >= 0.3 is 0 Å². The van der Waals surface area contributed by atoms with Crippen molar-refractivity contribution >= 4 is 29.1 Å². The lowest BCUT2D eigenvalue weighted by molar-refractivity contribution is -0.141. The maximum Gasteiger partial charge on any atom is 0.246 e. The van der Waals surface area contributed by atoms with Crippen LogP contribution in [0.4, 0.5) is 0 Å². The zero-order chi connectivity index (χ0) is 22.4. The van der Waals surface area contributed by atoms with E-state index in [0.29, 0.717) is 28.9 Å². The number of fused-ring (bicyclic) bond motifs is 5. The van der Waals surface area contributed by atoms with Crippen LogP contribution in [-0.4, -0.2) is 41.5 Å². The first kappa shape index (κ1) is 22.8. The Kier molecular flexibility index (Phi) is 6.23. The first-order chi connectivity index (χ1) is 14.7. The van der Waals surface area contributed by atoms with E-state index in [1.165, 1.54) is 6.42 Å². The van der Waals surface area contributed by atoms with Crippen LogP contribution in [-0.2, 0) is 9.59 Å². The van der Waals surface area contributed by atoms with Crippen LogP contribution in [0.25, 0.3) is 0 Å². The molecule has 5 nitrogen and oxygen atoms in total. The highest BCUT2D eigenvalue weighted by molar-refractivity contribution is 7.80. The number of rotatable bonds is 4. The molecule has 1 aliphatic heterocycles. The van der Waals surface area contributed by atoms with Crippen LogP contribution in [0.3, 0.4) is 0 Å². The molecule has 2 unspecified atom stereocenters. The minimum Gasteiger partial charge on any atom is -0.362 e. The quantitative estimate of drug-likeness (QED) is 0.507. The first-order valence-corrected chi connectivity index (χ1v) is 12.7. The van der Waals surface area contributed by atoms with Crippen molar-refractivity contribution < 1.29 is 9.59 Å². The third kappa shape index (κ3) is 3.73. The number of carbonyl (C=O) groups excluding carboxylic acids is 2. The molecule has 3 aliphatic carbocycles. The molecule has 2 N–H and O–H groups in total. The molecule has 31 heavy (non-hydrogen) atoms. The van der Waals surface area contributed by atoms with Crippen molar-refractivity contribution in [2.45, 2.75) is 78.2 Å². The number of hydrogen-bond donors (Lipinski definition) is 2. The molecule has 0 saturated heterocycles. The summed E-state index contributed by atoms with van der Waals surface area (Å²) in [6, 6.07) is 0.308. The lowest BCUT2D eigenvalue weighted by Gasteiger charge is -2.60. The summed E-state index contributed by atoms with van der Waals surface area (Å²) in [4.78, 5) is 27.4. The van der Waals surface area contributed by atoms with Crippen LogP contribution in [0.15, 0.2) is 12.2 Å². The molecule has 0 spiro atoms. The fourth-order valence-electron chi connectivity index (χ4n) is 7.79. The summed E-state index contributed by atoms with van der Waals surface area (Å²) in [6.45, 7) is 7.69. The molecular formula is C25H39N3O2S. The van der Waals surface area contributed by atoms with E-state index in [-0.39, 0.29) is 28.6 Å². The van der Waals surface area contributed by atoms with Crippen LogP contribution in [0.2, 0.25) is 0 Å². The highest BCUT2D eigenvalue weighted by atomic mass is 32.1. The molecule has 4 aliphatic rings. The van der Waals surface area contributed by atoms with Gasteiger partial charge < -0.3 is 15.5 Å². The van der Waals surface area contributed by atoms with E-state index in [9.17, 15) is 9.59 Å². The first-order valence-electron chi connectivity index (χ1n) is 12.3. The molecule has 2 amide bonds. The van der Waals surface area contributed by atoms with Crippen molar-refractivity contribution in [2.75, 3.05) is 13.6 Å². The van der Waals surface area contributed by atoms with Gasteiger partial charge in [0.25, 0.3) is 0 Å². The topological polar surface area (TPSA) is 61.4 Å². The van der Waals surface area contributed by atoms with E-state index >= 15 is 0 Å². The summed E-state index contributed by atoms with van der Waals surface area (Å²) in [5, 5.41) is 6.65. The Bertz CT molecular complexity index is 783. The van der Waals surface area contributed by atoms with E-state index in [2.05, 4.69) is 37.5 Å². The summed E-state index contributed by atoms with van der Waals surface area (Å²) in [5.74, 6) is 2.11. The van der Waals surface area contributed by atoms with E-state index in [1.54, 1.807) is 6.08 Å². The van der Waals surface area contributed by atoms with Crippen LogP contribution >= 0.6 is 12.2 Å². The van der Waals surface area contributed by atoms with E-state index in [4.69, 9.17) is 12.2 Å². The molecular weight excluding hydrogens is 406 g/mol. The lowest BCUT2D eigenvalue weighted by Crippen LogP contribution is -2.60. The van der Waals surface area contributed by atoms with Gasteiger partial charge in [-0.05, 0) is 86.4 Å². The van der Waals surface area contributed by atoms with Crippen molar-refractivity contribution in [3.63, 3.8) is 0 Å². The number of carbonyl (C=O) groups is 2. The smallest absolute Gasteiger partial charge is 0.246 e. The standard InChI is InChI=1S/C25H39N3O2S/c1-5-6-15-26-23(31)27-22(30)19-9-8-17-16-7-10-20-25(3,14-12-21(29)28(20)4)18(16)11-13-24(17,19)2/h12,14,16-20H,5-11,13,15H2,1-4H3,(H2,26,27,30,31)/t16-,17-,18+,19?,20?,24-,25+/m0/s1. The van der Waals surface area contributed by atoms with Crippen molar-refractivity contribution in [3.05, 3.63) is 12.2 Å². The highest BCUT2D eigenvalue weighted by Crippen LogP contribution is 2.65. The Morgan fingerprint density at radius 1 is 1.19 bits per heavy atom. The Labute approximate surface area is 192 Å².